The molecule has 0 aliphatic carbocycles. The summed E-state index contributed by atoms with van der Waals surface area (Å²) in [6, 6.07) is 13.1. The second-order valence-corrected chi connectivity index (χ2v) is 10.8. The first kappa shape index (κ1) is 21.0. The molecule has 1 aliphatic heterocycles. The van der Waals surface area contributed by atoms with Crippen molar-refractivity contribution in [3.05, 3.63) is 58.9 Å². The van der Waals surface area contributed by atoms with Crippen molar-refractivity contribution in [2.45, 2.75) is 23.7 Å². The zero-order chi connectivity index (χ0) is 21.0. The fourth-order valence-corrected chi connectivity index (χ4v) is 6.54. The van der Waals surface area contributed by atoms with Gasteiger partial charge in [-0.15, -0.1) is 22.7 Å². The minimum absolute atomic E-state index is 0.111. The number of thiophene rings is 1. The molecule has 0 amide bonds. The lowest BCUT2D eigenvalue weighted by molar-refractivity contribution is -0.151. The van der Waals surface area contributed by atoms with E-state index in [0.29, 0.717) is 35.8 Å². The monoisotopic (exact) mass is 463 g/mol. The third-order valence-electron chi connectivity index (χ3n) is 4.82. The lowest BCUT2D eigenvalue weighted by atomic mass is 9.98. The van der Waals surface area contributed by atoms with E-state index in [9.17, 15) is 13.2 Å². The topological polar surface area (TPSA) is 88.6 Å². The average Bonchev–Trinajstić information content (AvgIpc) is 3.46. The predicted octanol–water partition coefficient (Wildman–Crippen LogP) is 4.09. The predicted molar refractivity (Wildman–Crippen MR) is 117 cm³/mol. The summed E-state index contributed by atoms with van der Waals surface area (Å²) in [7, 11) is -3.46. The third-order valence-corrected chi connectivity index (χ3v) is 8.89. The Morgan fingerprint density at radius 2 is 1.90 bits per heavy atom. The Hall–Kier alpha value is -2.27. The van der Waals surface area contributed by atoms with E-state index in [1.807, 2.05) is 35.7 Å². The van der Waals surface area contributed by atoms with Gasteiger partial charge in [0, 0.05) is 24.2 Å². The van der Waals surface area contributed by atoms with Crippen LogP contribution in [0.3, 0.4) is 0 Å². The molecule has 1 aromatic carbocycles. The summed E-state index contributed by atoms with van der Waals surface area (Å²) in [5.41, 5.74) is 1.63. The Morgan fingerprint density at radius 3 is 2.60 bits per heavy atom. The molecule has 3 aromatic rings. The summed E-state index contributed by atoms with van der Waals surface area (Å²) < 4.78 is 32.4. The molecule has 1 aliphatic rings. The highest BCUT2D eigenvalue weighted by molar-refractivity contribution is 7.91. The molecule has 0 bridgehead atoms. The molecule has 0 atom stereocenters. The molecular formula is C20H21N3O4S3. The summed E-state index contributed by atoms with van der Waals surface area (Å²) in [4.78, 5) is 16.9. The maximum absolute atomic E-state index is 12.6. The van der Waals surface area contributed by atoms with E-state index in [-0.39, 0.29) is 18.5 Å². The first-order valence-electron chi connectivity index (χ1n) is 9.49. The van der Waals surface area contributed by atoms with Gasteiger partial charge in [-0.05, 0) is 36.4 Å². The summed E-state index contributed by atoms with van der Waals surface area (Å²) in [5.74, 6) is -0.589. The number of nitrogens with one attached hydrogen (secondary N) is 1. The van der Waals surface area contributed by atoms with Crippen LogP contribution in [0.5, 0.6) is 0 Å². The van der Waals surface area contributed by atoms with E-state index in [1.54, 1.807) is 17.5 Å². The number of rotatable bonds is 7. The van der Waals surface area contributed by atoms with Gasteiger partial charge >= 0.3 is 5.97 Å². The third kappa shape index (κ3) is 4.89. The van der Waals surface area contributed by atoms with Crippen LogP contribution in [0.25, 0.3) is 0 Å². The second-order valence-electron chi connectivity index (χ2n) is 6.85. The number of esters is 1. The van der Waals surface area contributed by atoms with Gasteiger partial charge in [0.05, 0.1) is 11.6 Å². The minimum atomic E-state index is -3.46. The molecule has 0 spiro atoms. The smallest absolute Gasteiger partial charge is 0.309 e. The van der Waals surface area contributed by atoms with Crippen molar-refractivity contribution in [1.29, 1.82) is 0 Å². The Kier molecular flexibility index (Phi) is 6.47. The van der Waals surface area contributed by atoms with Crippen molar-refractivity contribution in [3.8, 4) is 0 Å². The highest BCUT2D eigenvalue weighted by Crippen LogP contribution is 2.27. The number of piperidine rings is 1. The molecule has 3 heterocycles. The molecule has 30 heavy (non-hydrogen) atoms. The van der Waals surface area contributed by atoms with Crippen LogP contribution in [0.1, 0.15) is 18.5 Å². The second kappa shape index (κ2) is 9.25. The van der Waals surface area contributed by atoms with Gasteiger partial charge in [-0.3, -0.25) is 4.79 Å². The van der Waals surface area contributed by atoms with E-state index in [2.05, 4.69) is 10.3 Å². The van der Waals surface area contributed by atoms with Crippen LogP contribution in [0, 0.1) is 5.92 Å². The number of benzene rings is 1. The molecule has 1 N–H and O–H groups in total. The quantitative estimate of drug-likeness (QED) is 0.531. The Balaban J connectivity index is 1.26. The van der Waals surface area contributed by atoms with Crippen molar-refractivity contribution in [2.75, 3.05) is 18.4 Å². The van der Waals surface area contributed by atoms with E-state index in [4.69, 9.17) is 4.74 Å². The number of nitrogens with zero attached hydrogens (tertiary/aromatic N) is 2. The van der Waals surface area contributed by atoms with Crippen LogP contribution in [0.4, 0.5) is 10.8 Å². The molecule has 0 saturated carbocycles. The van der Waals surface area contributed by atoms with Crippen LogP contribution in [-0.2, 0) is 26.2 Å². The summed E-state index contributed by atoms with van der Waals surface area (Å²) in [6.45, 7) is 0.753. The normalized spacial score (nSPS) is 15.7. The van der Waals surface area contributed by atoms with Crippen LogP contribution < -0.4 is 5.32 Å². The zero-order valence-corrected chi connectivity index (χ0v) is 18.5. The van der Waals surface area contributed by atoms with Gasteiger partial charge in [-0.2, -0.15) is 4.31 Å². The van der Waals surface area contributed by atoms with Crippen molar-refractivity contribution in [1.82, 2.24) is 9.29 Å². The standard InChI is InChI=1S/C20H21N3O4S3/c24-19(15-8-10-23(11-9-15)30(25,26)18-7-4-12-28-18)27-13-17-14-29-20(22-17)21-16-5-2-1-3-6-16/h1-7,12,14-15H,8-11,13H2,(H,21,22). The summed E-state index contributed by atoms with van der Waals surface area (Å²) in [6.07, 6.45) is 0.919. The average molecular weight is 464 g/mol. The van der Waals surface area contributed by atoms with E-state index in [1.165, 1.54) is 27.0 Å². The van der Waals surface area contributed by atoms with Crippen LogP contribution >= 0.6 is 22.7 Å². The molecule has 4 rings (SSSR count). The highest BCUT2D eigenvalue weighted by Gasteiger charge is 2.33. The number of ether oxygens (including phenoxy) is 1. The van der Waals surface area contributed by atoms with Gasteiger partial charge in [0.25, 0.3) is 10.0 Å². The first-order chi connectivity index (χ1) is 14.5. The lowest BCUT2D eigenvalue weighted by Crippen LogP contribution is -2.40. The SMILES string of the molecule is O=C(OCc1csc(Nc2ccccc2)n1)C1CCN(S(=O)(=O)c2cccs2)CC1. The number of aromatic nitrogens is 1. The molecule has 1 fully saturated rings. The van der Waals surface area contributed by atoms with Gasteiger partial charge in [0.2, 0.25) is 0 Å². The molecule has 0 unspecified atom stereocenters. The van der Waals surface area contributed by atoms with E-state index in [0.717, 1.165) is 10.8 Å². The van der Waals surface area contributed by atoms with Gasteiger partial charge in [-0.1, -0.05) is 24.3 Å². The number of carbonyl (C=O) groups excluding carboxylic acids is 1. The summed E-state index contributed by atoms with van der Waals surface area (Å²) >= 11 is 2.65. The number of hydrogen-bond donors (Lipinski definition) is 1. The lowest BCUT2D eigenvalue weighted by Gasteiger charge is -2.29. The molecule has 158 valence electrons. The van der Waals surface area contributed by atoms with E-state index < -0.39 is 10.0 Å². The Labute approximate surface area is 183 Å². The molecule has 10 heteroatoms. The van der Waals surface area contributed by atoms with Gasteiger partial charge in [0.1, 0.15) is 10.8 Å². The number of sulfonamides is 1. The first-order valence-corrected chi connectivity index (χ1v) is 12.7. The maximum atomic E-state index is 12.6. The Bertz CT molecular complexity index is 1070. The van der Waals surface area contributed by atoms with Crippen molar-refractivity contribution in [3.63, 3.8) is 0 Å². The molecule has 1 saturated heterocycles. The number of carbonyl (C=O) groups is 1. The van der Waals surface area contributed by atoms with Gasteiger partial charge < -0.3 is 10.1 Å². The maximum Gasteiger partial charge on any atom is 0.309 e. The Morgan fingerprint density at radius 1 is 1.13 bits per heavy atom. The molecule has 0 radical (unpaired) electrons. The van der Waals surface area contributed by atoms with Crippen LogP contribution in [0.15, 0.2) is 57.4 Å². The molecule has 7 nitrogen and oxygen atoms in total. The van der Waals surface area contributed by atoms with Crippen molar-refractivity contribution < 1.29 is 17.9 Å². The van der Waals surface area contributed by atoms with E-state index >= 15 is 0 Å². The minimum Gasteiger partial charge on any atom is -0.459 e. The fourth-order valence-electron chi connectivity index (χ4n) is 3.21. The van der Waals surface area contributed by atoms with Crippen molar-refractivity contribution in [2.24, 2.45) is 5.92 Å². The number of para-hydroxylation sites is 1. The van der Waals surface area contributed by atoms with Crippen molar-refractivity contribution >= 4 is 49.5 Å². The molecule has 2 aromatic heterocycles. The largest absolute Gasteiger partial charge is 0.459 e. The van der Waals surface area contributed by atoms with Crippen LogP contribution in [0.2, 0.25) is 0 Å². The van der Waals surface area contributed by atoms with Crippen LogP contribution in [-0.4, -0.2) is 36.8 Å². The highest BCUT2D eigenvalue weighted by atomic mass is 32.2. The number of thiazole rings is 1. The summed E-state index contributed by atoms with van der Waals surface area (Å²) in [5, 5.41) is 7.55. The van der Waals surface area contributed by atoms with Gasteiger partial charge in [-0.25, -0.2) is 13.4 Å². The van der Waals surface area contributed by atoms with Gasteiger partial charge in [0.15, 0.2) is 5.13 Å². The number of anilines is 2. The number of hydrogen-bond acceptors (Lipinski definition) is 8. The zero-order valence-electron chi connectivity index (χ0n) is 16.1. The molecular weight excluding hydrogens is 442 g/mol. The fraction of sp³-hybridized carbons (Fsp3) is 0.300.